The number of nitrogens with zero attached hydrogens (tertiary/aromatic N) is 1. The van der Waals surface area contributed by atoms with Gasteiger partial charge in [-0.3, -0.25) is 4.79 Å². The van der Waals surface area contributed by atoms with Gasteiger partial charge in [0.15, 0.2) is 0 Å². The number of amides is 1. The van der Waals surface area contributed by atoms with Crippen molar-refractivity contribution < 1.29 is 14.7 Å². The maximum Gasteiger partial charge on any atom is 0.327 e. The molecule has 0 aromatic carbocycles. The molecule has 0 spiro atoms. The molecule has 5 heteroatoms. The number of hydrogen-bond acceptors (Lipinski definition) is 3. The first-order valence-corrected chi connectivity index (χ1v) is 4.84. The number of aliphatic carboxylic acids is 1. The molecule has 0 unspecified atom stereocenters. The van der Waals surface area contributed by atoms with E-state index >= 15 is 0 Å². The van der Waals surface area contributed by atoms with Gasteiger partial charge in [0.2, 0.25) is 5.91 Å². The van der Waals surface area contributed by atoms with Gasteiger partial charge in [0.05, 0.1) is 0 Å². The highest BCUT2D eigenvalue weighted by Gasteiger charge is 1.92. The van der Waals surface area contributed by atoms with E-state index in [1.165, 1.54) is 6.08 Å². The minimum Gasteiger partial charge on any atom is -0.478 e. The van der Waals surface area contributed by atoms with E-state index in [4.69, 9.17) is 5.11 Å². The Morgan fingerprint density at radius 3 is 2.12 bits per heavy atom. The Kier molecular flexibility index (Phi) is 12.0. The lowest BCUT2D eigenvalue weighted by molar-refractivity contribution is -0.131. The molecule has 0 aromatic rings. The zero-order valence-corrected chi connectivity index (χ0v) is 9.90. The first-order valence-electron chi connectivity index (χ1n) is 4.84. The number of carboxylic acid groups (broad SMARTS) is 1. The summed E-state index contributed by atoms with van der Waals surface area (Å²) in [7, 11) is 4.02. The number of carboxylic acids is 1. The summed E-state index contributed by atoms with van der Waals surface area (Å²) in [5.74, 6) is -1.08. The number of nitrogens with one attached hydrogen (secondary N) is 1. The van der Waals surface area contributed by atoms with Crippen molar-refractivity contribution >= 4 is 11.9 Å². The van der Waals surface area contributed by atoms with Gasteiger partial charge >= 0.3 is 5.97 Å². The van der Waals surface area contributed by atoms with Crippen LogP contribution in [-0.2, 0) is 9.59 Å². The topological polar surface area (TPSA) is 69.6 Å². The average Bonchev–Trinajstić information content (AvgIpc) is 2.24. The van der Waals surface area contributed by atoms with E-state index in [0.29, 0.717) is 0 Å². The minimum absolute atomic E-state index is 0.0937. The first-order chi connectivity index (χ1) is 7.43. The fraction of sp³-hybridized carbons (Fsp3) is 0.455. The Morgan fingerprint density at radius 2 is 1.81 bits per heavy atom. The lowest BCUT2D eigenvalue weighted by atomic mass is 10.4. The Hall–Kier alpha value is -1.62. The molecule has 0 atom stereocenters. The predicted molar refractivity (Wildman–Crippen MR) is 64.2 cm³/mol. The predicted octanol–water partition coefficient (Wildman–Crippen LogP) is 0.497. The summed E-state index contributed by atoms with van der Waals surface area (Å²) in [5.41, 5.74) is 0. The van der Waals surface area contributed by atoms with Crippen LogP contribution in [0.4, 0.5) is 0 Å². The smallest absolute Gasteiger partial charge is 0.327 e. The van der Waals surface area contributed by atoms with E-state index in [1.807, 2.05) is 14.1 Å². The summed E-state index contributed by atoms with van der Waals surface area (Å²) in [6.45, 7) is 8.04. The van der Waals surface area contributed by atoms with Gasteiger partial charge in [-0.05, 0) is 33.1 Å². The molecule has 2 N–H and O–H groups in total. The molecule has 0 saturated carbocycles. The summed E-state index contributed by atoms with van der Waals surface area (Å²) >= 11 is 0. The lowest BCUT2D eigenvalue weighted by Gasteiger charge is -2.08. The highest BCUT2D eigenvalue weighted by molar-refractivity contribution is 5.86. The van der Waals surface area contributed by atoms with Crippen molar-refractivity contribution in [1.29, 1.82) is 0 Å². The maximum atomic E-state index is 10.6. The molecule has 0 aliphatic carbocycles. The lowest BCUT2D eigenvalue weighted by Crippen LogP contribution is -2.25. The Morgan fingerprint density at radius 1 is 1.31 bits per heavy atom. The molecule has 1 amide bonds. The fourth-order valence-corrected chi connectivity index (χ4v) is 0.679. The molecule has 0 bridgehead atoms. The molecular formula is C11H20N2O3. The second-order valence-corrected chi connectivity index (χ2v) is 3.19. The molecule has 0 radical (unpaired) electrons. The van der Waals surface area contributed by atoms with Gasteiger partial charge in [-0.2, -0.15) is 0 Å². The molecule has 0 fully saturated rings. The van der Waals surface area contributed by atoms with Crippen LogP contribution in [-0.4, -0.2) is 49.1 Å². The minimum atomic E-state index is -0.981. The summed E-state index contributed by atoms with van der Waals surface area (Å²) in [6, 6.07) is 0. The molecule has 0 saturated heterocycles. The van der Waals surface area contributed by atoms with E-state index in [-0.39, 0.29) is 5.91 Å². The van der Waals surface area contributed by atoms with Crippen molar-refractivity contribution in [2.24, 2.45) is 0 Å². The molecule has 0 aliphatic rings. The fourth-order valence-electron chi connectivity index (χ4n) is 0.679. The highest BCUT2D eigenvalue weighted by atomic mass is 16.4. The Bertz CT molecular complexity index is 237. The quantitative estimate of drug-likeness (QED) is 0.513. The third-order valence-corrected chi connectivity index (χ3v) is 1.44. The Balaban J connectivity index is 0. The average molecular weight is 228 g/mol. The van der Waals surface area contributed by atoms with Crippen LogP contribution in [0.25, 0.3) is 0 Å². The SMILES string of the molecule is C=CC(=O)NCCCN(C)C.C=CC(=O)O. The third kappa shape index (κ3) is 18.2. The van der Waals surface area contributed by atoms with Crippen LogP contribution in [0.1, 0.15) is 6.42 Å². The van der Waals surface area contributed by atoms with E-state index < -0.39 is 5.97 Å². The normalized spacial score (nSPS) is 8.69. The van der Waals surface area contributed by atoms with Crippen LogP contribution >= 0.6 is 0 Å². The summed E-state index contributed by atoms with van der Waals surface area (Å²) < 4.78 is 0. The van der Waals surface area contributed by atoms with Crippen molar-refractivity contribution in [2.45, 2.75) is 6.42 Å². The van der Waals surface area contributed by atoms with Crippen molar-refractivity contribution in [2.75, 3.05) is 27.2 Å². The van der Waals surface area contributed by atoms with Crippen molar-refractivity contribution in [3.05, 3.63) is 25.3 Å². The van der Waals surface area contributed by atoms with Crippen LogP contribution in [0.5, 0.6) is 0 Å². The Labute approximate surface area is 96.4 Å². The van der Waals surface area contributed by atoms with Gasteiger partial charge in [0.25, 0.3) is 0 Å². The number of rotatable bonds is 6. The van der Waals surface area contributed by atoms with Crippen LogP contribution in [0, 0.1) is 0 Å². The standard InChI is InChI=1S/C8H16N2O.C3H4O2/c1-4-8(11)9-6-5-7-10(2)3;1-2-3(4)5/h4H,1,5-7H2,2-3H3,(H,9,11);2H,1H2,(H,4,5). The van der Waals surface area contributed by atoms with E-state index in [0.717, 1.165) is 25.6 Å². The van der Waals surface area contributed by atoms with Gasteiger partial charge < -0.3 is 15.3 Å². The van der Waals surface area contributed by atoms with E-state index in [9.17, 15) is 9.59 Å². The zero-order valence-electron chi connectivity index (χ0n) is 9.90. The van der Waals surface area contributed by atoms with E-state index in [2.05, 4.69) is 23.4 Å². The number of hydrogen-bond donors (Lipinski definition) is 2. The van der Waals surface area contributed by atoms with Crippen LogP contribution in [0.3, 0.4) is 0 Å². The molecule has 0 aromatic heterocycles. The van der Waals surface area contributed by atoms with Crippen molar-refractivity contribution in [3.63, 3.8) is 0 Å². The van der Waals surface area contributed by atoms with E-state index in [1.54, 1.807) is 0 Å². The van der Waals surface area contributed by atoms with Crippen molar-refractivity contribution in [3.8, 4) is 0 Å². The molecule has 16 heavy (non-hydrogen) atoms. The molecule has 0 aliphatic heterocycles. The van der Waals surface area contributed by atoms with Gasteiger partial charge in [-0.15, -0.1) is 0 Å². The molecule has 0 heterocycles. The van der Waals surface area contributed by atoms with Crippen LogP contribution < -0.4 is 5.32 Å². The molecule has 0 rings (SSSR count). The first kappa shape index (κ1) is 16.8. The van der Waals surface area contributed by atoms with Gasteiger partial charge in [0.1, 0.15) is 0 Å². The molecular weight excluding hydrogens is 208 g/mol. The van der Waals surface area contributed by atoms with Gasteiger partial charge in [0, 0.05) is 12.6 Å². The van der Waals surface area contributed by atoms with Crippen molar-refractivity contribution in [1.82, 2.24) is 10.2 Å². The maximum absolute atomic E-state index is 10.6. The van der Waals surface area contributed by atoms with Crippen LogP contribution in [0.2, 0.25) is 0 Å². The summed E-state index contributed by atoms with van der Waals surface area (Å²) in [4.78, 5) is 21.9. The van der Waals surface area contributed by atoms with Gasteiger partial charge in [-0.1, -0.05) is 13.2 Å². The second-order valence-electron chi connectivity index (χ2n) is 3.19. The molecule has 5 nitrogen and oxygen atoms in total. The largest absolute Gasteiger partial charge is 0.478 e. The summed E-state index contributed by atoms with van der Waals surface area (Å²) in [6.07, 6.45) is 3.10. The number of carbonyl (C=O) groups excluding carboxylic acids is 1. The third-order valence-electron chi connectivity index (χ3n) is 1.44. The highest BCUT2D eigenvalue weighted by Crippen LogP contribution is 1.80. The summed E-state index contributed by atoms with van der Waals surface area (Å²) in [5, 5.41) is 10.3. The number of carbonyl (C=O) groups is 2. The second kappa shape index (κ2) is 11.5. The monoisotopic (exact) mass is 228 g/mol. The van der Waals surface area contributed by atoms with Gasteiger partial charge in [-0.25, -0.2) is 4.79 Å². The molecule has 92 valence electrons. The van der Waals surface area contributed by atoms with Crippen LogP contribution in [0.15, 0.2) is 25.3 Å². The zero-order chi connectivity index (χ0) is 13.0.